The lowest BCUT2D eigenvalue weighted by Gasteiger charge is -2.17. The topological polar surface area (TPSA) is 0 Å². The van der Waals surface area contributed by atoms with E-state index in [4.69, 9.17) is 0 Å². The van der Waals surface area contributed by atoms with Crippen LogP contribution in [0.25, 0.3) is 0 Å². The van der Waals surface area contributed by atoms with Crippen LogP contribution in [0.15, 0.2) is 36.4 Å². The number of alkyl halides is 1. The molecule has 0 heterocycles. The third-order valence-corrected chi connectivity index (χ3v) is 5.20. The Balaban J connectivity index is 2.02. The minimum Gasteiger partial charge on any atom is -0.0786 e. The molecule has 1 atom stereocenters. The molecule has 19 heavy (non-hydrogen) atoms. The first-order valence-corrected chi connectivity index (χ1v) is 7.90. The third kappa shape index (κ3) is 2.36. The number of rotatable bonds is 2. The second kappa shape index (κ2) is 5.13. The minimum atomic E-state index is 0.305. The van der Waals surface area contributed by atoms with Crippen molar-refractivity contribution < 1.29 is 0 Å². The predicted octanol–water partition coefficient (Wildman–Crippen LogP) is 5.28. The Kier molecular flexibility index (Phi) is 3.49. The normalized spacial score (nSPS) is 15.3. The molecule has 0 fully saturated rings. The third-order valence-electron chi connectivity index (χ3n) is 4.21. The van der Waals surface area contributed by atoms with Crippen molar-refractivity contribution in [3.05, 3.63) is 69.8 Å². The van der Waals surface area contributed by atoms with E-state index in [9.17, 15) is 0 Å². The lowest BCUT2D eigenvalue weighted by molar-refractivity contribution is 0.911. The highest BCUT2D eigenvalue weighted by Gasteiger charge is 2.18. The van der Waals surface area contributed by atoms with Crippen LogP contribution < -0.4 is 0 Å². The molecule has 1 aliphatic carbocycles. The van der Waals surface area contributed by atoms with E-state index in [1.54, 1.807) is 11.1 Å². The molecule has 0 saturated heterocycles. The lowest BCUT2D eigenvalue weighted by atomic mass is 9.94. The van der Waals surface area contributed by atoms with Gasteiger partial charge in [0.2, 0.25) is 0 Å². The van der Waals surface area contributed by atoms with Gasteiger partial charge in [-0.15, -0.1) is 0 Å². The van der Waals surface area contributed by atoms with Gasteiger partial charge in [0.1, 0.15) is 0 Å². The number of benzene rings is 2. The summed E-state index contributed by atoms with van der Waals surface area (Å²) >= 11 is 3.90. The van der Waals surface area contributed by atoms with Crippen molar-refractivity contribution in [3.63, 3.8) is 0 Å². The average Bonchev–Trinajstić information content (AvgIpc) is 2.85. The number of hydrogen-bond donors (Lipinski definition) is 0. The summed E-state index contributed by atoms with van der Waals surface area (Å²) in [5.74, 6) is 0. The number of fused-ring (bicyclic) bond motifs is 1. The van der Waals surface area contributed by atoms with Gasteiger partial charge < -0.3 is 0 Å². The molecular weight excluding hydrogens is 296 g/mol. The van der Waals surface area contributed by atoms with E-state index in [2.05, 4.69) is 66.2 Å². The number of hydrogen-bond acceptors (Lipinski definition) is 0. The molecule has 3 rings (SSSR count). The highest BCUT2D eigenvalue weighted by molar-refractivity contribution is 9.09. The summed E-state index contributed by atoms with van der Waals surface area (Å²) < 4.78 is 0. The van der Waals surface area contributed by atoms with Crippen molar-refractivity contribution in [1.29, 1.82) is 0 Å². The molecule has 0 aromatic heterocycles. The SMILES string of the molecule is Cc1cccc(C)c1C(Br)c1ccc2c(c1)CCC2. The smallest absolute Gasteiger partial charge is 0.0649 e. The zero-order chi connectivity index (χ0) is 13.4. The highest BCUT2D eigenvalue weighted by atomic mass is 79.9. The average molecular weight is 315 g/mol. The van der Waals surface area contributed by atoms with Gasteiger partial charge in [0.25, 0.3) is 0 Å². The molecule has 0 spiro atoms. The summed E-state index contributed by atoms with van der Waals surface area (Å²) in [5.41, 5.74) is 8.63. The summed E-state index contributed by atoms with van der Waals surface area (Å²) in [7, 11) is 0. The quantitative estimate of drug-likeness (QED) is 0.662. The van der Waals surface area contributed by atoms with E-state index in [1.807, 2.05) is 0 Å². The van der Waals surface area contributed by atoms with E-state index in [0.29, 0.717) is 4.83 Å². The van der Waals surface area contributed by atoms with Gasteiger partial charge in [0.15, 0.2) is 0 Å². The van der Waals surface area contributed by atoms with Crippen LogP contribution in [-0.2, 0) is 12.8 Å². The van der Waals surface area contributed by atoms with Crippen LogP contribution in [0.3, 0.4) is 0 Å². The summed E-state index contributed by atoms with van der Waals surface area (Å²) in [6.45, 7) is 4.40. The van der Waals surface area contributed by atoms with Gasteiger partial charge in [0, 0.05) is 0 Å². The summed E-state index contributed by atoms with van der Waals surface area (Å²) in [6.07, 6.45) is 3.82. The Morgan fingerprint density at radius 2 is 1.63 bits per heavy atom. The van der Waals surface area contributed by atoms with Gasteiger partial charge in [-0.05, 0) is 66.5 Å². The van der Waals surface area contributed by atoms with Crippen LogP contribution in [0.4, 0.5) is 0 Å². The van der Waals surface area contributed by atoms with Crippen molar-refractivity contribution in [3.8, 4) is 0 Å². The molecule has 98 valence electrons. The lowest BCUT2D eigenvalue weighted by Crippen LogP contribution is -2.00. The predicted molar refractivity (Wildman–Crippen MR) is 85.2 cm³/mol. The molecule has 2 aromatic carbocycles. The van der Waals surface area contributed by atoms with Gasteiger partial charge in [-0.3, -0.25) is 0 Å². The maximum Gasteiger partial charge on any atom is 0.0649 e. The van der Waals surface area contributed by atoms with E-state index in [-0.39, 0.29) is 0 Å². The molecule has 0 bridgehead atoms. The van der Waals surface area contributed by atoms with Crippen LogP contribution in [-0.4, -0.2) is 0 Å². The first kappa shape index (κ1) is 12.9. The van der Waals surface area contributed by atoms with Crippen molar-refractivity contribution in [2.45, 2.75) is 37.9 Å². The molecule has 0 nitrogen and oxygen atoms in total. The van der Waals surface area contributed by atoms with Crippen LogP contribution in [0.1, 0.15) is 44.6 Å². The van der Waals surface area contributed by atoms with Gasteiger partial charge in [-0.2, -0.15) is 0 Å². The van der Waals surface area contributed by atoms with Crippen molar-refractivity contribution in [2.75, 3.05) is 0 Å². The molecule has 0 amide bonds. The molecule has 0 aliphatic heterocycles. The first-order chi connectivity index (χ1) is 9.16. The van der Waals surface area contributed by atoms with Gasteiger partial charge >= 0.3 is 0 Å². The van der Waals surface area contributed by atoms with E-state index >= 15 is 0 Å². The summed E-state index contributed by atoms with van der Waals surface area (Å²) in [5, 5.41) is 0. The van der Waals surface area contributed by atoms with Crippen molar-refractivity contribution >= 4 is 15.9 Å². The second-order valence-electron chi connectivity index (χ2n) is 5.55. The first-order valence-electron chi connectivity index (χ1n) is 6.98. The van der Waals surface area contributed by atoms with E-state index in [1.165, 1.54) is 41.5 Å². The fourth-order valence-electron chi connectivity index (χ4n) is 3.14. The molecule has 1 heteroatoms. The van der Waals surface area contributed by atoms with Crippen LogP contribution >= 0.6 is 15.9 Å². The fraction of sp³-hybridized carbons (Fsp3) is 0.333. The maximum absolute atomic E-state index is 3.90. The zero-order valence-electron chi connectivity index (χ0n) is 11.5. The Bertz CT molecular complexity index is 593. The standard InChI is InChI=1S/C18H19Br/c1-12-5-3-6-13(2)17(12)18(19)16-10-9-14-7-4-8-15(14)11-16/h3,5-6,9-11,18H,4,7-8H2,1-2H3. The largest absolute Gasteiger partial charge is 0.0786 e. The van der Waals surface area contributed by atoms with E-state index < -0.39 is 0 Å². The Morgan fingerprint density at radius 1 is 0.947 bits per heavy atom. The Morgan fingerprint density at radius 3 is 2.37 bits per heavy atom. The molecule has 1 aliphatic rings. The molecular formula is C18H19Br. The summed E-state index contributed by atoms with van der Waals surface area (Å²) in [6, 6.07) is 13.5. The van der Waals surface area contributed by atoms with Crippen molar-refractivity contribution in [1.82, 2.24) is 0 Å². The molecule has 0 saturated carbocycles. The second-order valence-corrected chi connectivity index (χ2v) is 6.47. The fourth-order valence-corrected chi connectivity index (χ4v) is 4.15. The van der Waals surface area contributed by atoms with Gasteiger partial charge in [0.05, 0.1) is 4.83 Å². The highest BCUT2D eigenvalue weighted by Crippen LogP contribution is 2.36. The number of aryl methyl sites for hydroxylation is 4. The summed E-state index contributed by atoms with van der Waals surface area (Å²) in [4.78, 5) is 0.305. The van der Waals surface area contributed by atoms with Gasteiger partial charge in [-0.25, -0.2) is 0 Å². The monoisotopic (exact) mass is 314 g/mol. The van der Waals surface area contributed by atoms with Crippen LogP contribution in [0.5, 0.6) is 0 Å². The van der Waals surface area contributed by atoms with E-state index in [0.717, 1.165) is 0 Å². The minimum absolute atomic E-state index is 0.305. The van der Waals surface area contributed by atoms with Crippen molar-refractivity contribution in [2.24, 2.45) is 0 Å². The molecule has 0 N–H and O–H groups in total. The Labute approximate surface area is 124 Å². The molecule has 0 radical (unpaired) electrons. The van der Waals surface area contributed by atoms with Crippen LogP contribution in [0, 0.1) is 13.8 Å². The van der Waals surface area contributed by atoms with Crippen LogP contribution in [0.2, 0.25) is 0 Å². The Hall–Kier alpha value is -1.08. The van der Waals surface area contributed by atoms with Gasteiger partial charge in [-0.1, -0.05) is 52.3 Å². The maximum atomic E-state index is 3.90. The zero-order valence-corrected chi connectivity index (χ0v) is 13.1. The molecule has 1 unspecified atom stereocenters. The molecule has 2 aromatic rings. The number of halogens is 1.